The predicted molar refractivity (Wildman–Crippen MR) is 104 cm³/mol. The molecule has 2 aliphatic heterocycles. The molecule has 0 radical (unpaired) electrons. The fourth-order valence-electron chi connectivity index (χ4n) is 3.69. The number of rotatable bonds is 5. The maximum atomic E-state index is 12.9. The van der Waals surface area contributed by atoms with Crippen molar-refractivity contribution in [3.8, 4) is 11.4 Å². The molecular formula is C20H27N5O2. The Labute approximate surface area is 159 Å². The van der Waals surface area contributed by atoms with Crippen LogP contribution in [0.2, 0.25) is 0 Å². The van der Waals surface area contributed by atoms with Crippen LogP contribution in [-0.4, -0.2) is 96.1 Å². The summed E-state index contributed by atoms with van der Waals surface area (Å²) in [5, 5.41) is 0. The van der Waals surface area contributed by atoms with Crippen molar-refractivity contribution in [1.82, 2.24) is 24.7 Å². The Bertz CT molecular complexity index is 735. The summed E-state index contributed by atoms with van der Waals surface area (Å²) in [5.41, 5.74) is 1.67. The zero-order valence-electron chi connectivity index (χ0n) is 15.6. The molecule has 0 unspecified atom stereocenters. The van der Waals surface area contributed by atoms with Crippen LogP contribution in [0, 0.1) is 0 Å². The minimum atomic E-state index is 0.108. The summed E-state index contributed by atoms with van der Waals surface area (Å²) in [6.45, 7) is 9.36. The topological polar surface area (TPSA) is 64.7 Å². The third-order valence-corrected chi connectivity index (χ3v) is 5.38. The quantitative estimate of drug-likeness (QED) is 0.857. The van der Waals surface area contributed by atoms with Gasteiger partial charge in [-0.2, -0.15) is 0 Å². The van der Waals surface area contributed by atoms with Gasteiger partial charge in [0.05, 0.1) is 13.2 Å². The van der Waals surface area contributed by atoms with Crippen molar-refractivity contribution in [2.75, 3.05) is 65.6 Å². The van der Waals surface area contributed by atoms with Crippen LogP contribution in [0.4, 0.5) is 0 Å². The van der Waals surface area contributed by atoms with Crippen LogP contribution in [0.1, 0.15) is 10.4 Å². The van der Waals surface area contributed by atoms with E-state index in [0.29, 0.717) is 0 Å². The lowest BCUT2D eigenvalue weighted by Crippen LogP contribution is -2.51. The molecule has 0 saturated carbocycles. The molecule has 144 valence electrons. The molecule has 2 fully saturated rings. The number of hydrogen-bond donors (Lipinski definition) is 1. The number of nitrogens with one attached hydrogen (secondary N) is 1. The first-order valence-corrected chi connectivity index (χ1v) is 9.71. The second-order valence-corrected chi connectivity index (χ2v) is 7.11. The average Bonchev–Trinajstić information content (AvgIpc) is 3.28. The Morgan fingerprint density at radius 1 is 1.04 bits per heavy atom. The molecule has 2 aliphatic rings. The molecule has 0 aliphatic carbocycles. The Kier molecular flexibility index (Phi) is 5.81. The van der Waals surface area contributed by atoms with E-state index in [1.165, 1.54) is 0 Å². The fraction of sp³-hybridized carbons (Fsp3) is 0.500. The highest BCUT2D eigenvalue weighted by molar-refractivity contribution is 5.95. The molecule has 4 rings (SSSR count). The van der Waals surface area contributed by atoms with Crippen LogP contribution in [0.15, 0.2) is 36.7 Å². The normalized spacial score (nSPS) is 19.3. The highest BCUT2D eigenvalue weighted by atomic mass is 16.5. The molecule has 7 nitrogen and oxygen atoms in total. The van der Waals surface area contributed by atoms with Gasteiger partial charge in [-0.3, -0.25) is 14.6 Å². The van der Waals surface area contributed by atoms with Gasteiger partial charge in [0.25, 0.3) is 5.91 Å². The number of aromatic nitrogens is 2. The summed E-state index contributed by atoms with van der Waals surface area (Å²) < 4.78 is 5.40. The lowest BCUT2D eigenvalue weighted by molar-refractivity contribution is 0.0293. The van der Waals surface area contributed by atoms with E-state index in [0.717, 1.165) is 82.5 Å². The highest BCUT2D eigenvalue weighted by Crippen LogP contribution is 2.18. The Morgan fingerprint density at radius 3 is 2.48 bits per heavy atom. The first-order chi connectivity index (χ1) is 13.3. The largest absolute Gasteiger partial charge is 0.379 e. The summed E-state index contributed by atoms with van der Waals surface area (Å²) in [5.74, 6) is 0.897. The van der Waals surface area contributed by atoms with Gasteiger partial charge in [-0.25, -0.2) is 4.98 Å². The molecule has 0 bridgehead atoms. The van der Waals surface area contributed by atoms with E-state index >= 15 is 0 Å². The molecule has 0 atom stereocenters. The molecule has 1 amide bonds. The van der Waals surface area contributed by atoms with E-state index in [1.807, 2.05) is 29.2 Å². The van der Waals surface area contributed by atoms with E-state index in [1.54, 1.807) is 12.4 Å². The van der Waals surface area contributed by atoms with Crippen LogP contribution in [0.3, 0.4) is 0 Å². The van der Waals surface area contributed by atoms with Crippen LogP contribution >= 0.6 is 0 Å². The van der Waals surface area contributed by atoms with Crippen molar-refractivity contribution in [1.29, 1.82) is 0 Å². The minimum absolute atomic E-state index is 0.108. The van der Waals surface area contributed by atoms with Gasteiger partial charge < -0.3 is 14.6 Å². The number of aromatic amines is 1. The first-order valence-electron chi connectivity index (χ1n) is 9.71. The Hall–Kier alpha value is -2.22. The van der Waals surface area contributed by atoms with Crippen molar-refractivity contribution in [3.05, 3.63) is 42.2 Å². The number of imidazole rings is 1. The fourth-order valence-corrected chi connectivity index (χ4v) is 3.69. The third-order valence-electron chi connectivity index (χ3n) is 5.38. The lowest BCUT2D eigenvalue weighted by atomic mass is 10.1. The average molecular weight is 369 g/mol. The van der Waals surface area contributed by atoms with Gasteiger partial charge in [0.15, 0.2) is 0 Å². The number of H-pyrrole nitrogens is 1. The summed E-state index contributed by atoms with van der Waals surface area (Å²) >= 11 is 0. The lowest BCUT2D eigenvalue weighted by Gasteiger charge is -2.36. The highest BCUT2D eigenvalue weighted by Gasteiger charge is 2.23. The third kappa shape index (κ3) is 4.55. The van der Waals surface area contributed by atoms with Gasteiger partial charge in [-0.15, -0.1) is 0 Å². The van der Waals surface area contributed by atoms with Gasteiger partial charge in [0.2, 0.25) is 0 Å². The molecule has 27 heavy (non-hydrogen) atoms. The monoisotopic (exact) mass is 369 g/mol. The van der Waals surface area contributed by atoms with Crippen molar-refractivity contribution in [3.63, 3.8) is 0 Å². The van der Waals surface area contributed by atoms with E-state index in [2.05, 4.69) is 19.8 Å². The van der Waals surface area contributed by atoms with Gasteiger partial charge in [-0.05, 0) is 12.1 Å². The second kappa shape index (κ2) is 8.65. The van der Waals surface area contributed by atoms with E-state index in [-0.39, 0.29) is 5.91 Å². The van der Waals surface area contributed by atoms with Crippen LogP contribution in [0.25, 0.3) is 11.4 Å². The molecule has 1 N–H and O–H groups in total. The van der Waals surface area contributed by atoms with Gasteiger partial charge in [-0.1, -0.05) is 12.1 Å². The summed E-state index contributed by atoms with van der Waals surface area (Å²) in [6, 6.07) is 7.70. The van der Waals surface area contributed by atoms with Gasteiger partial charge in [0.1, 0.15) is 5.82 Å². The standard InChI is InChI=1S/C20H27N5O2/c26-20(18-3-1-2-17(16-18)19-21-4-5-22-19)25-10-8-23(9-11-25)6-7-24-12-14-27-15-13-24/h1-5,16H,6-15H2,(H,21,22). The number of benzene rings is 1. The van der Waals surface area contributed by atoms with Crippen LogP contribution in [-0.2, 0) is 4.74 Å². The van der Waals surface area contributed by atoms with E-state index in [9.17, 15) is 4.79 Å². The Morgan fingerprint density at radius 2 is 1.78 bits per heavy atom. The van der Waals surface area contributed by atoms with Crippen molar-refractivity contribution in [2.24, 2.45) is 0 Å². The van der Waals surface area contributed by atoms with Crippen molar-refractivity contribution >= 4 is 5.91 Å². The molecule has 7 heteroatoms. The summed E-state index contributed by atoms with van der Waals surface area (Å²) in [7, 11) is 0. The number of piperazine rings is 1. The maximum absolute atomic E-state index is 12.9. The molecule has 1 aromatic carbocycles. The predicted octanol–water partition coefficient (Wildman–Crippen LogP) is 1.17. The summed E-state index contributed by atoms with van der Waals surface area (Å²) in [6.07, 6.45) is 3.51. The minimum Gasteiger partial charge on any atom is -0.379 e. The molecule has 2 aromatic rings. The van der Waals surface area contributed by atoms with Gasteiger partial charge in [0, 0.05) is 75.9 Å². The maximum Gasteiger partial charge on any atom is 0.253 e. The van der Waals surface area contributed by atoms with Crippen molar-refractivity contribution < 1.29 is 9.53 Å². The number of carbonyl (C=O) groups is 1. The number of morpholine rings is 1. The van der Waals surface area contributed by atoms with Gasteiger partial charge >= 0.3 is 0 Å². The number of hydrogen-bond acceptors (Lipinski definition) is 5. The molecular weight excluding hydrogens is 342 g/mol. The molecule has 1 aromatic heterocycles. The number of ether oxygens (including phenoxy) is 1. The zero-order valence-corrected chi connectivity index (χ0v) is 15.6. The Balaban J connectivity index is 1.29. The second-order valence-electron chi connectivity index (χ2n) is 7.11. The molecule has 0 spiro atoms. The van der Waals surface area contributed by atoms with E-state index < -0.39 is 0 Å². The number of carbonyl (C=O) groups excluding carboxylic acids is 1. The molecule has 2 saturated heterocycles. The number of amides is 1. The SMILES string of the molecule is O=C(c1cccc(-c2ncc[nH]2)c1)N1CCN(CCN2CCOCC2)CC1. The number of nitrogens with zero attached hydrogens (tertiary/aromatic N) is 4. The smallest absolute Gasteiger partial charge is 0.253 e. The summed E-state index contributed by atoms with van der Waals surface area (Å²) in [4.78, 5) is 27.1. The van der Waals surface area contributed by atoms with Crippen LogP contribution in [0.5, 0.6) is 0 Å². The van der Waals surface area contributed by atoms with Crippen molar-refractivity contribution in [2.45, 2.75) is 0 Å². The van der Waals surface area contributed by atoms with Crippen LogP contribution < -0.4 is 0 Å². The molecule has 3 heterocycles. The first kappa shape index (κ1) is 18.2. The zero-order chi connectivity index (χ0) is 18.5. The van der Waals surface area contributed by atoms with E-state index in [4.69, 9.17) is 4.74 Å².